The molecule has 0 unspecified atom stereocenters. The lowest BCUT2D eigenvalue weighted by atomic mass is 9.88. The van der Waals surface area contributed by atoms with Crippen molar-refractivity contribution >= 4 is 0 Å². The second-order valence-electron chi connectivity index (χ2n) is 4.31. The molecule has 1 N–H and O–H groups in total. The molecule has 0 radical (unpaired) electrons. The van der Waals surface area contributed by atoms with Crippen LogP contribution >= 0.6 is 0 Å². The minimum atomic E-state index is -0.0504. The zero-order valence-electron chi connectivity index (χ0n) is 10.1. The van der Waals surface area contributed by atoms with Crippen molar-refractivity contribution < 1.29 is 4.74 Å². The van der Waals surface area contributed by atoms with E-state index in [4.69, 9.17) is 4.74 Å². The predicted octanol–water partition coefficient (Wildman–Crippen LogP) is 0.609. The summed E-state index contributed by atoms with van der Waals surface area (Å²) in [5.74, 6) is 1.03. The maximum Gasteiger partial charge on any atom is 0.138 e. The summed E-state index contributed by atoms with van der Waals surface area (Å²) in [7, 11) is 1.80. The summed E-state index contributed by atoms with van der Waals surface area (Å²) < 4.78 is 7.68. The van der Waals surface area contributed by atoms with E-state index < -0.39 is 0 Å². The van der Waals surface area contributed by atoms with Crippen molar-refractivity contribution in [2.75, 3.05) is 20.2 Å². The van der Waals surface area contributed by atoms with Gasteiger partial charge in [0.25, 0.3) is 0 Å². The van der Waals surface area contributed by atoms with E-state index in [1.54, 1.807) is 13.4 Å². The summed E-state index contributed by atoms with van der Waals surface area (Å²) in [4.78, 5) is 4.33. The van der Waals surface area contributed by atoms with Gasteiger partial charge in [-0.25, -0.2) is 4.98 Å². The lowest BCUT2D eigenvalue weighted by Gasteiger charge is -2.36. The van der Waals surface area contributed by atoms with Gasteiger partial charge in [-0.15, -0.1) is 0 Å². The largest absolute Gasteiger partial charge is 0.378 e. The van der Waals surface area contributed by atoms with Crippen LogP contribution in [0.1, 0.15) is 25.6 Å². The van der Waals surface area contributed by atoms with Crippen LogP contribution in [0, 0.1) is 0 Å². The third-order valence-electron chi connectivity index (χ3n) is 3.42. The van der Waals surface area contributed by atoms with Gasteiger partial charge in [0.15, 0.2) is 0 Å². The van der Waals surface area contributed by atoms with Crippen LogP contribution in [-0.4, -0.2) is 40.6 Å². The first-order valence-corrected chi connectivity index (χ1v) is 5.92. The van der Waals surface area contributed by atoms with E-state index in [1.807, 2.05) is 4.68 Å². The molecule has 0 saturated carbocycles. The zero-order chi connectivity index (χ0) is 11.4. The lowest BCUT2D eigenvalue weighted by Crippen LogP contribution is -2.45. The first-order chi connectivity index (χ1) is 7.79. The normalized spacial score (nSPS) is 19.9. The van der Waals surface area contributed by atoms with Gasteiger partial charge in [-0.05, 0) is 32.9 Å². The zero-order valence-corrected chi connectivity index (χ0v) is 10.1. The lowest BCUT2D eigenvalue weighted by molar-refractivity contribution is -0.0354. The van der Waals surface area contributed by atoms with Crippen molar-refractivity contribution in [1.82, 2.24) is 20.1 Å². The highest BCUT2D eigenvalue weighted by atomic mass is 16.5. The Hall–Kier alpha value is -0.940. The van der Waals surface area contributed by atoms with Gasteiger partial charge < -0.3 is 10.1 Å². The van der Waals surface area contributed by atoms with E-state index in [0.717, 1.165) is 44.7 Å². The van der Waals surface area contributed by atoms with Gasteiger partial charge in [-0.3, -0.25) is 4.68 Å². The first-order valence-electron chi connectivity index (χ1n) is 5.92. The summed E-state index contributed by atoms with van der Waals surface area (Å²) >= 11 is 0. The highest BCUT2D eigenvalue weighted by Gasteiger charge is 2.33. The molecule has 5 heteroatoms. The fourth-order valence-corrected chi connectivity index (χ4v) is 2.31. The highest BCUT2D eigenvalue weighted by Crippen LogP contribution is 2.26. The number of hydrogen-bond donors (Lipinski definition) is 1. The van der Waals surface area contributed by atoms with Crippen molar-refractivity contribution in [3.05, 3.63) is 12.2 Å². The van der Waals surface area contributed by atoms with Gasteiger partial charge in [0.05, 0.1) is 5.60 Å². The topological polar surface area (TPSA) is 52.0 Å². The molecule has 2 rings (SSSR count). The Morgan fingerprint density at radius 2 is 2.25 bits per heavy atom. The first kappa shape index (κ1) is 11.5. The SMILES string of the molecule is CCn1ncnc1CC1(OC)CCNCC1. The number of aryl methyl sites for hydroxylation is 1. The van der Waals surface area contributed by atoms with Crippen LogP contribution in [0.15, 0.2) is 6.33 Å². The maximum absolute atomic E-state index is 5.73. The molecule has 1 aromatic heterocycles. The predicted molar refractivity (Wildman–Crippen MR) is 61.2 cm³/mol. The Balaban J connectivity index is 2.11. The molecule has 16 heavy (non-hydrogen) atoms. The van der Waals surface area contributed by atoms with E-state index in [0.29, 0.717) is 0 Å². The number of methoxy groups -OCH3 is 1. The van der Waals surface area contributed by atoms with E-state index in [2.05, 4.69) is 22.3 Å². The number of nitrogens with zero attached hydrogens (tertiary/aromatic N) is 3. The Morgan fingerprint density at radius 3 is 2.88 bits per heavy atom. The monoisotopic (exact) mass is 224 g/mol. The van der Waals surface area contributed by atoms with Crippen molar-refractivity contribution in [1.29, 1.82) is 0 Å². The number of piperidine rings is 1. The van der Waals surface area contributed by atoms with Crippen LogP contribution in [0.3, 0.4) is 0 Å². The second-order valence-corrected chi connectivity index (χ2v) is 4.31. The minimum Gasteiger partial charge on any atom is -0.378 e. The van der Waals surface area contributed by atoms with Crippen molar-refractivity contribution in [2.24, 2.45) is 0 Å². The molecule has 1 fully saturated rings. The Bertz CT molecular complexity index is 330. The molecule has 0 atom stereocenters. The Labute approximate surface area is 96.2 Å². The van der Waals surface area contributed by atoms with Crippen molar-refractivity contribution in [3.8, 4) is 0 Å². The second kappa shape index (κ2) is 4.93. The van der Waals surface area contributed by atoms with Gasteiger partial charge in [0.1, 0.15) is 12.2 Å². The van der Waals surface area contributed by atoms with Crippen LogP contribution in [0.2, 0.25) is 0 Å². The van der Waals surface area contributed by atoms with Crippen LogP contribution in [0.5, 0.6) is 0 Å². The molecule has 0 bridgehead atoms. The van der Waals surface area contributed by atoms with Crippen LogP contribution in [-0.2, 0) is 17.7 Å². The third kappa shape index (κ3) is 2.25. The van der Waals surface area contributed by atoms with Gasteiger partial charge in [0.2, 0.25) is 0 Å². The molecule has 0 amide bonds. The maximum atomic E-state index is 5.73. The van der Waals surface area contributed by atoms with Crippen LogP contribution < -0.4 is 5.32 Å². The Morgan fingerprint density at radius 1 is 1.50 bits per heavy atom. The fraction of sp³-hybridized carbons (Fsp3) is 0.818. The molecule has 90 valence electrons. The summed E-state index contributed by atoms with van der Waals surface area (Å²) in [6, 6.07) is 0. The number of aromatic nitrogens is 3. The molecule has 1 aromatic rings. The summed E-state index contributed by atoms with van der Waals surface area (Å²) in [5.41, 5.74) is -0.0504. The summed E-state index contributed by atoms with van der Waals surface area (Å²) in [5, 5.41) is 7.56. The average Bonchev–Trinajstić information content (AvgIpc) is 2.77. The average molecular weight is 224 g/mol. The molecule has 0 aromatic carbocycles. The highest BCUT2D eigenvalue weighted by molar-refractivity contribution is 4.97. The number of hydrogen-bond acceptors (Lipinski definition) is 4. The molecule has 1 aliphatic rings. The number of ether oxygens (including phenoxy) is 1. The molecule has 0 aliphatic carbocycles. The molecule has 2 heterocycles. The number of nitrogens with one attached hydrogen (secondary N) is 1. The van der Waals surface area contributed by atoms with E-state index in [9.17, 15) is 0 Å². The fourth-order valence-electron chi connectivity index (χ4n) is 2.31. The Kier molecular flexibility index (Phi) is 3.56. The van der Waals surface area contributed by atoms with Crippen molar-refractivity contribution in [2.45, 2.75) is 38.3 Å². The van der Waals surface area contributed by atoms with Gasteiger partial charge >= 0.3 is 0 Å². The molecule has 5 nitrogen and oxygen atoms in total. The van der Waals surface area contributed by atoms with Gasteiger partial charge in [0, 0.05) is 20.1 Å². The van der Waals surface area contributed by atoms with Gasteiger partial charge in [-0.1, -0.05) is 0 Å². The van der Waals surface area contributed by atoms with Crippen molar-refractivity contribution in [3.63, 3.8) is 0 Å². The molecular weight excluding hydrogens is 204 g/mol. The molecule has 1 saturated heterocycles. The third-order valence-corrected chi connectivity index (χ3v) is 3.42. The minimum absolute atomic E-state index is 0.0504. The molecule has 1 aliphatic heterocycles. The smallest absolute Gasteiger partial charge is 0.138 e. The van der Waals surface area contributed by atoms with E-state index >= 15 is 0 Å². The van der Waals surface area contributed by atoms with E-state index in [-0.39, 0.29) is 5.60 Å². The van der Waals surface area contributed by atoms with Crippen LogP contribution in [0.4, 0.5) is 0 Å². The molecular formula is C11H20N4O. The molecule has 0 spiro atoms. The number of rotatable bonds is 4. The quantitative estimate of drug-likeness (QED) is 0.814. The summed E-state index contributed by atoms with van der Waals surface area (Å²) in [6.45, 7) is 5.00. The van der Waals surface area contributed by atoms with Crippen LogP contribution in [0.25, 0.3) is 0 Å². The van der Waals surface area contributed by atoms with E-state index in [1.165, 1.54) is 0 Å². The van der Waals surface area contributed by atoms with Gasteiger partial charge in [-0.2, -0.15) is 5.10 Å². The summed E-state index contributed by atoms with van der Waals surface area (Å²) in [6.07, 6.45) is 4.57. The standard InChI is InChI=1S/C11H20N4O/c1-3-15-10(13-9-14-15)8-11(16-2)4-6-12-7-5-11/h9,12H,3-8H2,1-2H3.